The highest BCUT2D eigenvalue weighted by molar-refractivity contribution is 6.48. The molecule has 0 saturated carbocycles. The molecule has 3 nitrogen and oxygen atoms in total. The van der Waals surface area contributed by atoms with Gasteiger partial charge < -0.3 is 10.2 Å². The quantitative estimate of drug-likeness (QED) is 0.824. The molecule has 0 aromatic carbocycles. The minimum Gasteiger partial charge on any atom is -0.413 e. The summed E-state index contributed by atoms with van der Waals surface area (Å²) < 4.78 is 6.10. The van der Waals surface area contributed by atoms with E-state index in [-0.39, 0.29) is 11.5 Å². The zero-order valence-corrected chi connectivity index (χ0v) is 12.0. The number of aromatic nitrogens is 1. The fraction of sp³-hybridized carbons (Fsp3) is 0.583. The summed E-state index contributed by atoms with van der Waals surface area (Å²) in [5.74, 6) is 0.581. The smallest absolute Gasteiger partial charge is 0.171 e. The van der Waals surface area contributed by atoms with Gasteiger partial charge in [-0.15, -0.1) is 0 Å². The van der Waals surface area contributed by atoms with Crippen molar-refractivity contribution in [2.45, 2.75) is 40.0 Å². The van der Waals surface area contributed by atoms with E-state index in [2.05, 4.69) is 38.8 Å². The van der Waals surface area contributed by atoms with Crippen molar-refractivity contribution >= 4 is 14.9 Å². The van der Waals surface area contributed by atoms with E-state index in [0.29, 0.717) is 5.82 Å². The molecule has 0 radical (unpaired) electrons. The summed E-state index contributed by atoms with van der Waals surface area (Å²) in [5.41, 5.74) is 6.96. The summed E-state index contributed by atoms with van der Waals surface area (Å²) >= 11 is 0. The molecule has 1 rings (SSSR count). The van der Waals surface area contributed by atoms with Gasteiger partial charge in [-0.2, -0.15) is 0 Å². The van der Waals surface area contributed by atoms with E-state index in [1.54, 1.807) is 6.20 Å². The Morgan fingerprint density at radius 2 is 2.00 bits per heavy atom. The van der Waals surface area contributed by atoms with Crippen LogP contribution in [0.3, 0.4) is 0 Å². The average molecular weight is 238 g/mol. The molecule has 1 aromatic rings. The molecule has 1 aromatic heterocycles. The molecular formula is C12H22N2OSi. The molecule has 2 N–H and O–H groups in total. The minimum atomic E-state index is -1.10. The van der Waals surface area contributed by atoms with Gasteiger partial charge in [-0.25, -0.2) is 4.98 Å². The summed E-state index contributed by atoms with van der Waals surface area (Å²) in [6.45, 7) is 10.8. The van der Waals surface area contributed by atoms with Crippen molar-refractivity contribution in [3.05, 3.63) is 23.9 Å². The fourth-order valence-corrected chi connectivity index (χ4v) is 2.77. The third kappa shape index (κ3) is 3.32. The van der Waals surface area contributed by atoms with Gasteiger partial charge in [-0.05, 0) is 24.6 Å². The number of rotatable bonds is 3. The van der Waals surface area contributed by atoms with Gasteiger partial charge in [0.25, 0.3) is 0 Å². The first kappa shape index (κ1) is 13.2. The largest absolute Gasteiger partial charge is 0.413 e. The van der Waals surface area contributed by atoms with Crippen molar-refractivity contribution in [1.29, 1.82) is 0 Å². The van der Waals surface area contributed by atoms with Gasteiger partial charge in [0.05, 0.1) is 6.10 Å². The molecule has 4 heteroatoms. The van der Waals surface area contributed by atoms with Crippen LogP contribution in [0.1, 0.15) is 32.4 Å². The second kappa shape index (κ2) is 4.97. The molecule has 1 unspecified atom stereocenters. The van der Waals surface area contributed by atoms with Crippen LogP contribution in [-0.2, 0) is 4.43 Å². The Labute approximate surface area is 99.8 Å². The number of nitrogens with two attached hydrogens (primary N) is 1. The van der Waals surface area contributed by atoms with Crippen LogP contribution in [0.25, 0.3) is 0 Å². The van der Waals surface area contributed by atoms with Crippen LogP contribution in [0.4, 0.5) is 5.82 Å². The number of nitrogen functional groups attached to an aromatic ring is 1. The Balaban J connectivity index is 3.07. The third-order valence-corrected chi connectivity index (χ3v) is 3.17. The molecule has 1 heterocycles. The molecule has 0 aliphatic rings. The number of hydrogen-bond acceptors (Lipinski definition) is 3. The lowest BCUT2D eigenvalue weighted by molar-refractivity contribution is 0.0870. The van der Waals surface area contributed by atoms with E-state index >= 15 is 0 Å². The zero-order chi connectivity index (χ0) is 12.3. The Morgan fingerprint density at radius 3 is 2.44 bits per heavy atom. The molecular weight excluding hydrogens is 216 g/mol. The highest BCUT2D eigenvalue weighted by Gasteiger charge is 2.29. The van der Waals surface area contributed by atoms with Crippen LogP contribution in [0.15, 0.2) is 18.3 Å². The van der Waals surface area contributed by atoms with Crippen LogP contribution < -0.4 is 5.73 Å². The van der Waals surface area contributed by atoms with Crippen molar-refractivity contribution in [2.24, 2.45) is 5.41 Å². The topological polar surface area (TPSA) is 48.1 Å². The SMILES string of the molecule is C[SiH](C)OC(c1cccnc1N)C(C)(C)C. The van der Waals surface area contributed by atoms with Gasteiger partial charge in [0.15, 0.2) is 9.04 Å². The zero-order valence-electron chi connectivity index (χ0n) is 10.8. The van der Waals surface area contributed by atoms with Gasteiger partial charge in [0.2, 0.25) is 0 Å². The van der Waals surface area contributed by atoms with E-state index in [4.69, 9.17) is 10.2 Å². The van der Waals surface area contributed by atoms with Crippen molar-refractivity contribution in [3.8, 4) is 0 Å². The number of nitrogens with zero attached hydrogens (tertiary/aromatic N) is 1. The van der Waals surface area contributed by atoms with Gasteiger partial charge in [0, 0.05) is 11.8 Å². The maximum absolute atomic E-state index is 6.10. The highest BCUT2D eigenvalue weighted by Crippen LogP contribution is 2.38. The maximum Gasteiger partial charge on any atom is 0.171 e. The highest BCUT2D eigenvalue weighted by atomic mass is 28.3. The van der Waals surface area contributed by atoms with E-state index in [1.165, 1.54) is 0 Å². The summed E-state index contributed by atoms with van der Waals surface area (Å²) in [6, 6.07) is 3.92. The van der Waals surface area contributed by atoms with E-state index in [0.717, 1.165) is 5.56 Å². The molecule has 0 spiro atoms. The number of pyridine rings is 1. The van der Waals surface area contributed by atoms with Crippen LogP contribution in [0.2, 0.25) is 13.1 Å². The molecule has 0 aliphatic heterocycles. The summed E-state index contributed by atoms with van der Waals surface area (Å²) in [5, 5.41) is 0. The second-order valence-corrected chi connectivity index (χ2v) is 7.78. The summed E-state index contributed by atoms with van der Waals surface area (Å²) in [6.07, 6.45) is 1.75. The molecule has 0 saturated heterocycles. The van der Waals surface area contributed by atoms with Gasteiger partial charge in [-0.3, -0.25) is 0 Å². The lowest BCUT2D eigenvalue weighted by atomic mass is 9.85. The number of hydrogen-bond donors (Lipinski definition) is 1. The maximum atomic E-state index is 6.10. The van der Waals surface area contributed by atoms with Crippen molar-refractivity contribution < 1.29 is 4.43 Å². The van der Waals surface area contributed by atoms with Crippen LogP contribution >= 0.6 is 0 Å². The van der Waals surface area contributed by atoms with Crippen molar-refractivity contribution in [3.63, 3.8) is 0 Å². The Kier molecular flexibility index (Phi) is 4.10. The van der Waals surface area contributed by atoms with E-state index < -0.39 is 9.04 Å². The molecule has 0 bridgehead atoms. The summed E-state index contributed by atoms with van der Waals surface area (Å²) in [4.78, 5) is 4.13. The molecule has 1 atom stereocenters. The van der Waals surface area contributed by atoms with Crippen LogP contribution in [0, 0.1) is 5.41 Å². The first-order chi connectivity index (χ1) is 7.32. The van der Waals surface area contributed by atoms with Gasteiger partial charge in [-0.1, -0.05) is 26.8 Å². The molecule has 90 valence electrons. The standard InChI is InChI=1S/C12H22N2OSi/c1-12(2,3)10(15-16(4)5)9-7-6-8-14-11(9)13/h6-8,10,16H,1-5H3,(H2,13,14). The molecule has 0 amide bonds. The lowest BCUT2D eigenvalue weighted by Gasteiger charge is -2.33. The Hall–Kier alpha value is -0.873. The normalized spacial score (nSPS) is 14.1. The van der Waals surface area contributed by atoms with E-state index in [1.807, 2.05) is 12.1 Å². The van der Waals surface area contributed by atoms with Crippen molar-refractivity contribution in [1.82, 2.24) is 4.98 Å². The molecule has 16 heavy (non-hydrogen) atoms. The second-order valence-electron chi connectivity index (χ2n) is 5.41. The van der Waals surface area contributed by atoms with Crippen molar-refractivity contribution in [2.75, 3.05) is 5.73 Å². The molecule has 0 fully saturated rings. The third-order valence-electron chi connectivity index (χ3n) is 2.35. The fourth-order valence-electron chi connectivity index (χ4n) is 1.67. The first-order valence-electron chi connectivity index (χ1n) is 5.68. The summed E-state index contributed by atoms with van der Waals surface area (Å²) in [7, 11) is -1.10. The molecule has 0 aliphatic carbocycles. The minimum absolute atomic E-state index is 0.0351. The Bertz CT molecular complexity index is 347. The predicted molar refractivity (Wildman–Crippen MR) is 70.8 cm³/mol. The predicted octanol–water partition coefficient (Wildman–Crippen LogP) is 2.75. The Morgan fingerprint density at radius 1 is 1.38 bits per heavy atom. The van der Waals surface area contributed by atoms with Gasteiger partial charge in [0.1, 0.15) is 5.82 Å². The van der Waals surface area contributed by atoms with Gasteiger partial charge >= 0.3 is 0 Å². The lowest BCUT2D eigenvalue weighted by Crippen LogP contribution is -2.26. The number of anilines is 1. The van der Waals surface area contributed by atoms with Crippen LogP contribution in [0.5, 0.6) is 0 Å². The van der Waals surface area contributed by atoms with E-state index in [9.17, 15) is 0 Å². The monoisotopic (exact) mass is 238 g/mol. The first-order valence-corrected chi connectivity index (χ1v) is 8.46. The average Bonchev–Trinajstić information content (AvgIpc) is 2.13. The van der Waals surface area contributed by atoms with Crippen LogP contribution in [-0.4, -0.2) is 14.0 Å².